The number of thiol groups is 1. The fourth-order valence-corrected chi connectivity index (χ4v) is 6.44. The molecule has 3 aromatic rings. The van der Waals surface area contributed by atoms with E-state index in [1.54, 1.807) is 7.11 Å². The van der Waals surface area contributed by atoms with Crippen LogP contribution >= 0.6 is 24.0 Å². The van der Waals surface area contributed by atoms with Gasteiger partial charge in [-0.15, -0.1) is 24.0 Å². The van der Waals surface area contributed by atoms with Gasteiger partial charge < -0.3 is 25.4 Å². The van der Waals surface area contributed by atoms with Crippen molar-refractivity contribution < 1.29 is 19.4 Å². The first kappa shape index (κ1) is 28.4. The summed E-state index contributed by atoms with van der Waals surface area (Å²) in [6, 6.07) is 12.3. The number of aromatic nitrogens is 1. The van der Waals surface area contributed by atoms with Gasteiger partial charge in [-0.2, -0.15) is 0 Å². The van der Waals surface area contributed by atoms with Crippen molar-refractivity contribution in [1.29, 1.82) is 0 Å². The number of nitrogens with one attached hydrogen (secondary N) is 2. The summed E-state index contributed by atoms with van der Waals surface area (Å²) in [5, 5.41) is 16.4. The molecule has 1 aliphatic carbocycles. The van der Waals surface area contributed by atoms with Crippen LogP contribution in [0.25, 0.3) is 10.2 Å². The standard InChI is InChI=1S/C21H20N2O4S2.C7H16N2/c1-27-15-7-17-14(6-16(15)28)23-18(29-17)11-22-20(26)21(10-19(24)25)8-12-4-2-3-5-13(12)9-21;1-9(2)7-3-5-8-6-4-7/h2-7,28H,8-11H2,1H3,(H,22,26)(H,24,25);7-8H,3-6H2,1-2H3. The van der Waals surface area contributed by atoms with Crippen molar-refractivity contribution in [1.82, 2.24) is 20.5 Å². The molecule has 0 spiro atoms. The molecule has 1 aliphatic heterocycles. The number of hydrogen-bond donors (Lipinski definition) is 4. The molecule has 38 heavy (non-hydrogen) atoms. The molecule has 0 unspecified atom stereocenters. The number of thiazole rings is 1. The fraction of sp³-hybridized carbons (Fsp3) is 0.464. The lowest BCUT2D eigenvalue weighted by atomic mass is 9.80. The normalized spacial score (nSPS) is 16.6. The number of fused-ring (bicyclic) bond motifs is 2. The molecule has 0 radical (unpaired) electrons. The lowest BCUT2D eigenvalue weighted by Gasteiger charge is -2.28. The highest BCUT2D eigenvalue weighted by molar-refractivity contribution is 7.80. The summed E-state index contributed by atoms with van der Waals surface area (Å²) < 4.78 is 6.23. The van der Waals surface area contributed by atoms with Crippen LogP contribution in [0.5, 0.6) is 5.75 Å². The molecule has 2 heterocycles. The van der Waals surface area contributed by atoms with Gasteiger partial charge in [0.15, 0.2) is 0 Å². The number of carboxylic acids is 1. The van der Waals surface area contributed by atoms with Gasteiger partial charge in [0.05, 0.1) is 35.7 Å². The number of hydrogen-bond acceptors (Lipinski definition) is 8. The van der Waals surface area contributed by atoms with Gasteiger partial charge >= 0.3 is 5.97 Å². The number of piperidine rings is 1. The Hall–Kier alpha value is -2.66. The van der Waals surface area contributed by atoms with E-state index in [1.165, 1.54) is 37.3 Å². The van der Waals surface area contributed by atoms with E-state index in [2.05, 4.69) is 47.2 Å². The van der Waals surface area contributed by atoms with E-state index in [-0.39, 0.29) is 18.9 Å². The molecular formula is C28H36N4O4S2. The molecule has 0 bridgehead atoms. The van der Waals surface area contributed by atoms with Gasteiger partial charge in [-0.05, 0) is 70.1 Å². The molecule has 3 N–H and O–H groups in total. The van der Waals surface area contributed by atoms with E-state index in [0.29, 0.717) is 23.5 Å². The molecule has 204 valence electrons. The van der Waals surface area contributed by atoms with Gasteiger partial charge in [-0.1, -0.05) is 24.3 Å². The molecule has 1 fully saturated rings. The first-order valence-corrected chi connectivity index (χ1v) is 14.1. The first-order chi connectivity index (χ1) is 18.2. The number of carbonyl (C=O) groups excluding carboxylic acids is 1. The molecule has 1 aromatic heterocycles. The van der Waals surface area contributed by atoms with Crippen LogP contribution in [0, 0.1) is 5.41 Å². The SMILES string of the molecule is CN(C)C1CCNCC1.COc1cc2sc(CNC(=O)C3(CC(=O)O)Cc4ccccc4C3)nc2cc1S. The predicted octanol–water partition coefficient (Wildman–Crippen LogP) is 3.77. The summed E-state index contributed by atoms with van der Waals surface area (Å²) in [6.07, 6.45) is 3.29. The lowest BCUT2D eigenvalue weighted by Crippen LogP contribution is -2.43. The maximum atomic E-state index is 13.1. The maximum Gasteiger partial charge on any atom is 0.304 e. The van der Waals surface area contributed by atoms with Crippen LogP contribution in [0.3, 0.4) is 0 Å². The Morgan fingerprint density at radius 1 is 1.21 bits per heavy atom. The zero-order valence-electron chi connectivity index (χ0n) is 22.1. The van der Waals surface area contributed by atoms with Crippen LogP contribution in [0.1, 0.15) is 35.4 Å². The Balaban J connectivity index is 0.000000317. The third-order valence-electron chi connectivity index (χ3n) is 7.32. The Morgan fingerprint density at radius 2 is 1.87 bits per heavy atom. The number of methoxy groups -OCH3 is 1. The lowest BCUT2D eigenvalue weighted by molar-refractivity contribution is -0.145. The van der Waals surface area contributed by atoms with Crippen LogP contribution in [0.2, 0.25) is 0 Å². The minimum absolute atomic E-state index is 0.201. The first-order valence-electron chi connectivity index (χ1n) is 12.8. The van der Waals surface area contributed by atoms with Crippen molar-refractivity contribution in [3.8, 4) is 5.75 Å². The van der Waals surface area contributed by atoms with Crippen molar-refractivity contribution in [2.24, 2.45) is 5.41 Å². The third-order valence-corrected chi connectivity index (χ3v) is 8.69. The highest BCUT2D eigenvalue weighted by Crippen LogP contribution is 2.40. The topological polar surface area (TPSA) is 104 Å². The Labute approximate surface area is 233 Å². The molecular weight excluding hydrogens is 520 g/mol. The van der Waals surface area contributed by atoms with Crippen molar-refractivity contribution >= 4 is 46.1 Å². The van der Waals surface area contributed by atoms with Crippen molar-refractivity contribution in [2.75, 3.05) is 34.3 Å². The van der Waals surface area contributed by atoms with E-state index in [0.717, 1.165) is 32.4 Å². The second-order valence-corrected chi connectivity index (χ2v) is 11.8. The van der Waals surface area contributed by atoms with Crippen LogP contribution in [-0.4, -0.2) is 67.2 Å². The average Bonchev–Trinajstić information content (AvgIpc) is 3.47. The van der Waals surface area contributed by atoms with Crippen molar-refractivity contribution in [3.63, 3.8) is 0 Å². The van der Waals surface area contributed by atoms with Gasteiger partial charge in [0.25, 0.3) is 0 Å². The molecule has 1 saturated heterocycles. The van der Waals surface area contributed by atoms with Gasteiger partial charge in [0, 0.05) is 17.0 Å². The molecule has 10 heteroatoms. The number of carbonyl (C=O) groups is 2. The fourth-order valence-electron chi connectivity index (χ4n) is 5.25. The second kappa shape index (κ2) is 12.5. The summed E-state index contributed by atoms with van der Waals surface area (Å²) in [5.41, 5.74) is 1.90. The van der Waals surface area contributed by atoms with E-state index in [9.17, 15) is 14.7 Å². The zero-order chi connectivity index (χ0) is 27.3. The summed E-state index contributed by atoms with van der Waals surface area (Å²) >= 11 is 5.85. The number of ether oxygens (including phenoxy) is 1. The minimum Gasteiger partial charge on any atom is -0.496 e. The van der Waals surface area contributed by atoms with Crippen LogP contribution in [0.4, 0.5) is 0 Å². The van der Waals surface area contributed by atoms with Gasteiger partial charge in [-0.25, -0.2) is 4.98 Å². The Kier molecular flexibility index (Phi) is 9.30. The van der Waals surface area contributed by atoms with Gasteiger partial charge in [0.1, 0.15) is 10.8 Å². The molecule has 2 aromatic carbocycles. The third kappa shape index (κ3) is 6.66. The molecule has 5 rings (SSSR count). The van der Waals surface area contributed by atoms with E-state index in [1.807, 2.05) is 36.4 Å². The smallest absolute Gasteiger partial charge is 0.304 e. The van der Waals surface area contributed by atoms with E-state index >= 15 is 0 Å². The largest absolute Gasteiger partial charge is 0.496 e. The number of nitrogens with zero attached hydrogens (tertiary/aromatic N) is 2. The van der Waals surface area contributed by atoms with Crippen LogP contribution < -0.4 is 15.4 Å². The van der Waals surface area contributed by atoms with Gasteiger partial charge in [-0.3, -0.25) is 9.59 Å². The number of rotatable bonds is 7. The predicted molar refractivity (Wildman–Crippen MR) is 153 cm³/mol. The van der Waals surface area contributed by atoms with E-state index in [4.69, 9.17) is 4.74 Å². The molecule has 0 atom stereocenters. The molecule has 2 aliphatic rings. The van der Waals surface area contributed by atoms with Crippen molar-refractivity contribution in [3.05, 3.63) is 52.5 Å². The highest BCUT2D eigenvalue weighted by atomic mass is 32.1. The monoisotopic (exact) mass is 556 g/mol. The molecule has 0 saturated carbocycles. The van der Waals surface area contributed by atoms with E-state index < -0.39 is 11.4 Å². The number of carboxylic acid groups (broad SMARTS) is 1. The Bertz CT molecular complexity index is 1260. The summed E-state index contributed by atoms with van der Waals surface area (Å²) in [7, 11) is 5.91. The van der Waals surface area contributed by atoms with Crippen molar-refractivity contribution in [2.45, 2.75) is 49.6 Å². The number of aliphatic carboxylic acids is 1. The van der Waals surface area contributed by atoms with Gasteiger partial charge in [0.2, 0.25) is 5.91 Å². The summed E-state index contributed by atoms with van der Waals surface area (Å²) in [6.45, 7) is 2.64. The average molecular weight is 557 g/mol. The quantitative estimate of drug-likeness (QED) is 0.329. The van der Waals surface area contributed by atoms with Crippen LogP contribution in [-0.2, 0) is 29.0 Å². The Morgan fingerprint density at radius 3 is 2.42 bits per heavy atom. The van der Waals surface area contributed by atoms with Crippen LogP contribution in [0.15, 0.2) is 41.3 Å². The minimum atomic E-state index is -0.971. The number of amides is 1. The maximum absolute atomic E-state index is 13.1. The molecule has 1 amide bonds. The summed E-state index contributed by atoms with van der Waals surface area (Å²) in [5.74, 6) is -0.548. The summed E-state index contributed by atoms with van der Waals surface area (Å²) in [4.78, 5) is 32.1. The zero-order valence-corrected chi connectivity index (χ0v) is 23.8. The number of benzene rings is 2. The highest BCUT2D eigenvalue weighted by Gasteiger charge is 2.45. The second-order valence-electron chi connectivity index (χ2n) is 10.2. The molecule has 8 nitrogen and oxygen atoms in total.